The van der Waals surface area contributed by atoms with Crippen molar-refractivity contribution in [1.29, 1.82) is 0 Å². The molecule has 0 bridgehead atoms. The largest absolute Gasteiger partial charge is 0.206 e. The summed E-state index contributed by atoms with van der Waals surface area (Å²) < 4.78 is 44.9. The van der Waals surface area contributed by atoms with Gasteiger partial charge < -0.3 is 0 Å². The second kappa shape index (κ2) is 14.4. The Bertz CT molecular complexity index is 1270. The van der Waals surface area contributed by atoms with Gasteiger partial charge in [-0.25, -0.2) is 13.2 Å². The van der Waals surface area contributed by atoms with Crippen LogP contribution < -0.4 is 0 Å². The fourth-order valence-corrected chi connectivity index (χ4v) is 5.65. The van der Waals surface area contributed by atoms with Gasteiger partial charge in [0.1, 0.15) is 5.82 Å². The molecule has 39 heavy (non-hydrogen) atoms. The molecule has 1 unspecified atom stereocenters. The molecule has 0 nitrogen and oxygen atoms in total. The van der Waals surface area contributed by atoms with Gasteiger partial charge >= 0.3 is 0 Å². The Morgan fingerprint density at radius 2 is 1.46 bits per heavy atom. The summed E-state index contributed by atoms with van der Waals surface area (Å²) in [5.41, 5.74) is 4.62. The predicted molar refractivity (Wildman–Crippen MR) is 159 cm³/mol. The average Bonchev–Trinajstić information content (AvgIpc) is 2.96. The van der Waals surface area contributed by atoms with Crippen LogP contribution in [0.25, 0.3) is 27.8 Å². The Kier molecular flexibility index (Phi) is 10.6. The molecule has 0 N–H and O–H groups in total. The summed E-state index contributed by atoms with van der Waals surface area (Å²) in [7, 11) is 0. The first-order valence-electron chi connectivity index (χ1n) is 14.7. The summed E-state index contributed by atoms with van der Waals surface area (Å²) in [5, 5.41) is 0. The molecule has 0 saturated carbocycles. The summed E-state index contributed by atoms with van der Waals surface area (Å²) in [5.74, 6) is -1.15. The smallest absolute Gasteiger partial charge is 0.166 e. The van der Waals surface area contributed by atoms with Crippen LogP contribution in [0.4, 0.5) is 13.2 Å². The molecule has 4 rings (SSSR count). The van der Waals surface area contributed by atoms with Gasteiger partial charge in [-0.15, -0.1) is 6.58 Å². The van der Waals surface area contributed by atoms with E-state index in [1.807, 2.05) is 18.2 Å². The van der Waals surface area contributed by atoms with E-state index in [9.17, 15) is 8.78 Å². The second-order valence-electron chi connectivity index (χ2n) is 10.9. The first kappa shape index (κ1) is 28.9. The molecular formula is C36H41F3. The molecular weight excluding hydrogens is 489 g/mol. The summed E-state index contributed by atoms with van der Waals surface area (Å²) in [6, 6.07) is 15.8. The molecule has 1 aliphatic rings. The fraction of sp³-hybridized carbons (Fsp3) is 0.389. The van der Waals surface area contributed by atoms with Crippen molar-refractivity contribution < 1.29 is 13.2 Å². The summed E-state index contributed by atoms with van der Waals surface area (Å²) in [6.07, 6.45) is 16.8. The first-order valence-corrected chi connectivity index (χ1v) is 14.7. The topological polar surface area (TPSA) is 0 Å². The minimum atomic E-state index is -0.811. The number of hydrogen-bond donors (Lipinski definition) is 0. The second-order valence-corrected chi connectivity index (χ2v) is 10.9. The molecule has 3 heteroatoms. The third-order valence-corrected chi connectivity index (χ3v) is 8.11. The molecule has 0 amide bonds. The lowest BCUT2D eigenvalue weighted by Gasteiger charge is -2.22. The van der Waals surface area contributed by atoms with Gasteiger partial charge in [-0.1, -0.05) is 99.7 Å². The Hall–Kier alpha value is -3.07. The zero-order chi connectivity index (χ0) is 27.6. The summed E-state index contributed by atoms with van der Waals surface area (Å²) >= 11 is 0. The van der Waals surface area contributed by atoms with E-state index in [1.54, 1.807) is 42.5 Å². The van der Waals surface area contributed by atoms with E-state index in [0.29, 0.717) is 34.6 Å². The molecule has 0 heterocycles. The number of rotatable bonds is 13. The molecule has 0 saturated heterocycles. The van der Waals surface area contributed by atoms with Crippen molar-refractivity contribution in [3.05, 3.63) is 102 Å². The zero-order valence-corrected chi connectivity index (χ0v) is 23.3. The van der Waals surface area contributed by atoms with Gasteiger partial charge in [0.15, 0.2) is 11.6 Å². The van der Waals surface area contributed by atoms with Crippen molar-refractivity contribution in [3.8, 4) is 22.3 Å². The van der Waals surface area contributed by atoms with Gasteiger partial charge in [-0.05, 0) is 84.8 Å². The molecule has 3 aromatic rings. The number of unbranched alkanes of at least 4 members (excludes halogenated alkanes) is 5. The van der Waals surface area contributed by atoms with Gasteiger partial charge in [-0.3, -0.25) is 0 Å². The highest BCUT2D eigenvalue weighted by atomic mass is 19.2. The fourth-order valence-electron chi connectivity index (χ4n) is 5.65. The monoisotopic (exact) mass is 530 g/mol. The van der Waals surface area contributed by atoms with Crippen LogP contribution >= 0.6 is 0 Å². The Morgan fingerprint density at radius 3 is 2.13 bits per heavy atom. The Balaban J connectivity index is 1.42. The van der Waals surface area contributed by atoms with Gasteiger partial charge in [-0.2, -0.15) is 0 Å². The highest BCUT2D eigenvalue weighted by Gasteiger charge is 2.17. The summed E-state index contributed by atoms with van der Waals surface area (Å²) in [4.78, 5) is 0. The third-order valence-electron chi connectivity index (χ3n) is 8.11. The predicted octanol–water partition coefficient (Wildman–Crippen LogP) is 11.5. The van der Waals surface area contributed by atoms with Crippen LogP contribution in [0.1, 0.15) is 88.7 Å². The standard InChI is InChI=1S/C36H41F3/c1-3-5-7-8-9-10-12-30-21-24-33(36(39)35(30)38)29-19-17-28(18-20-29)32-23-22-31(25-34(32)37)27-15-13-26(14-16-27)11-6-4-2/h4,15,17-26H,2-3,5-14,16H2,1H3. The third kappa shape index (κ3) is 7.53. The lowest BCUT2D eigenvalue weighted by Crippen LogP contribution is -2.05. The average molecular weight is 531 g/mol. The van der Waals surface area contributed by atoms with Crippen LogP contribution in [-0.2, 0) is 6.42 Å². The van der Waals surface area contributed by atoms with Crippen molar-refractivity contribution in [2.45, 2.75) is 84.0 Å². The van der Waals surface area contributed by atoms with Crippen LogP contribution in [0.15, 0.2) is 73.3 Å². The highest BCUT2D eigenvalue weighted by molar-refractivity contribution is 5.74. The Labute approximate surface area is 232 Å². The highest BCUT2D eigenvalue weighted by Crippen LogP contribution is 2.35. The minimum absolute atomic E-state index is 0.234. The van der Waals surface area contributed by atoms with E-state index in [1.165, 1.54) is 24.8 Å². The molecule has 0 spiro atoms. The van der Waals surface area contributed by atoms with E-state index in [0.717, 1.165) is 56.9 Å². The normalized spacial score (nSPS) is 15.3. The van der Waals surface area contributed by atoms with E-state index in [4.69, 9.17) is 0 Å². The van der Waals surface area contributed by atoms with Crippen molar-refractivity contribution in [2.75, 3.05) is 0 Å². The van der Waals surface area contributed by atoms with Gasteiger partial charge in [0.25, 0.3) is 0 Å². The number of aryl methyl sites for hydroxylation is 1. The SMILES string of the molecule is C=CCCC1CC=C(c2ccc(-c3ccc(-c4ccc(CCCCCCCC)c(F)c4F)cc3)c(F)c2)CC1. The van der Waals surface area contributed by atoms with Crippen LogP contribution in [0, 0.1) is 23.4 Å². The molecule has 3 aromatic carbocycles. The molecule has 1 atom stereocenters. The zero-order valence-electron chi connectivity index (χ0n) is 23.3. The molecule has 1 aliphatic carbocycles. The number of benzene rings is 3. The van der Waals surface area contributed by atoms with Crippen LogP contribution in [0.5, 0.6) is 0 Å². The van der Waals surface area contributed by atoms with E-state index >= 15 is 4.39 Å². The van der Waals surface area contributed by atoms with Crippen molar-refractivity contribution in [3.63, 3.8) is 0 Å². The number of halogens is 3. The molecule has 206 valence electrons. The maximum absolute atomic E-state index is 15.2. The number of allylic oxidation sites excluding steroid dienone is 3. The van der Waals surface area contributed by atoms with Gasteiger partial charge in [0.2, 0.25) is 0 Å². The van der Waals surface area contributed by atoms with Crippen molar-refractivity contribution in [2.24, 2.45) is 5.92 Å². The van der Waals surface area contributed by atoms with E-state index in [-0.39, 0.29) is 11.4 Å². The quantitative estimate of drug-likeness (QED) is 0.152. The van der Waals surface area contributed by atoms with Gasteiger partial charge in [0.05, 0.1) is 0 Å². The van der Waals surface area contributed by atoms with Crippen LogP contribution in [-0.4, -0.2) is 0 Å². The van der Waals surface area contributed by atoms with Crippen molar-refractivity contribution >= 4 is 5.57 Å². The van der Waals surface area contributed by atoms with Crippen molar-refractivity contribution in [1.82, 2.24) is 0 Å². The van der Waals surface area contributed by atoms with Crippen LogP contribution in [0.3, 0.4) is 0 Å². The Morgan fingerprint density at radius 1 is 0.795 bits per heavy atom. The lowest BCUT2D eigenvalue weighted by atomic mass is 9.84. The maximum Gasteiger partial charge on any atom is 0.166 e. The summed E-state index contributed by atoms with van der Waals surface area (Å²) in [6.45, 7) is 5.99. The van der Waals surface area contributed by atoms with Crippen LogP contribution in [0.2, 0.25) is 0 Å². The molecule has 0 radical (unpaired) electrons. The minimum Gasteiger partial charge on any atom is -0.206 e. The number of hydrogen-bond acceptors (Lipinski definition) is 0. The van der Waals surface area contributed by atoms with E-state index in [2.05, 4.69) is 19.6 Å². The molecule has 0 aromatic heterocycles. The maximum atomic E-state index is 15.2. The van der Waals surface area contributed by atoms with Gasteiger partial charge in [0, 0.05) is 11.1 Å². The first-order chi connectivity index (χ1) is 19.0. The lowest BCUT2D eigenvalue weighted by molar-refractivity contribution is 0.454. The van der Waals surface area contributed by atoms with E-state index < -0.39 is 11.6 Å². The molecule has 0 aliphatic heterocycles. The molecule has 0 fully saturated rings.